The molecule has 2 fully saturated rings. The molecule has 2 saturated heterocycles. The van der Waals surface area contributed by atoms with E-state index in [1.807, 2.05) is 16.7 Å². The normalized spacial score (nSPS) is 26.3. The zero-order valence-electron chi connectivity index (χ0n) is 8.65. The van der Waals surface area contributed by atoms with Crippen molar-refractivity contribution in [2.24, 2.45) is 0 Å². The molecule has 4 nitrogen and oxygen atoms in total. The Kier molecular flexibility index (Phi) is 2.74. The molecule has 0 aliphatic carbocycles. The van der Waals surface area contributed by atoms with Gasteiger partial charge in [0.2, 0.25) is 5.91 Å². The number of β-amino-alcohol motifs (C(OH)–C–C–N with tert-alkyl or cyclic N) is 1. The number of likely N-dealkylation sites (tertiary alicyclic amines) is 2. The molecule has 2 heterocycles. The molecular weight excluding hydrogens is 180 g/mol. The lowest BCUT2D eigenvalue weighted by molar-refractivity contribution is -0.139. The predicted octanol–water partition coefficient (Wildman–Crippen LogP) is -0.326. The summed E-state index contributed by atoms with van der Waals surface area (Å²) in [6.07, 6.45) is 2.06. The Morgan fingerprint density at radius 1 is 1.36 bits per heavy atom. The quantitative estimate of drug-likeness (QED) is 0.661. The first-order chi connectivity index (χ1) is 6.68. The van der Waals surface area contributed by atoms with Crippen LogP contribution < -0.4 is 0 Å². The fourth-order valence-electron chi connectivity index (χ4n) is 2.16. The number of amides is 1. The van der Waals surface area contributed by atoms with Gasteiger partial charge < -0.3 is 10.0 Å². The van der Waals surface area contributed by atoms with E-state index in [4.69, 9.17) is 5.11 Å². The van der Waals surface area contributed by atoms with Gasteiger partial charge in [-0.2, -0.15) is 0 Å². The predicted molar refractivity (Wildman–Crippen MR) is 52.9 cm³/mol. The van der Waals surface area contributed by atoms with Gasteiger partial charge in [0.25, 0.3) is 0 Å². The Bertz CT molecular complexity index is 220. The highest BCUT2D eigenvalue weighted by molar-refractivity contribution is 5.81. The van der Waals surface area contributed by atoms with Crippen LogP contribution in [0.1, 0.15) is 19.8 Å². The van der Waals surface area contributed by atoms with Gasteiger partial charge in [0, 0.05) is 26.2 Å². The number of carbonyl (C=O) groups is 1. The minimum absolute atomic E-state index is 0.0449. The number of aliphatic hydroxyl groups excluding tert-OH is 1. The van der Waals surface area contributed by atoms with Crippen LogP contribution in [0, 0.1) is 0 Å². The SMILES string of the molecule is CC(C(=O)N1CCCC1)N1CC(O)C1. The number of carbonyl (C=O) groups excluding carboxylic acids is 1. The van der Waals surface area contributed by atoms with Crippen molar-refractivity contribution in [2.75, 3.05) is 26.2 Å². The summed E-state index contributed by atoms with van der Waals surface area (Å²) < 4.78 is 0. The molecule has 1 atom stereocenters. The van der Waals surface area contributed by atoms with Gasteiger partial charge in [0.05, 0.1) is 12.1 Å². The van der Waals surface area contributed by atoms with E-state index in [1.165, 1.54) is 0 Å². The summed E-state index contributed by atoms with van der Waals surface area (Å²) in [5, 5.41) is 9.15. The summed E-state index contributed by atoms with van der Waals surface area (Å²) in [5.41, 5.74) is 0. The molecule has 2 aliphatic rings. The maximum absolute atomic E-state index is 11.9. The van der Waals surface area contributed by atoms with E-state index in [2.05, 4.69) is 0 Å². The zero-order valence-corrected chi connectivity index (χ0v) is 8.65. The van der Waals surface area contributed by atoms with Crippen molar-refractivity contribution in [2.45, 2.75) is 31.9 Å². The molecule has 0 bridgehead atoms. The van der Waals surface area contributed by atoms with Crippen LogP contribution in [-0.4, -0.2) is 59.1 Å². The molecule has 0 aromatic carbocycles. The summed E-state index contributed by atoms with van der Waals surface area (Å²) in [7, 11) is 0. The molecule has 2 rings (SSSR count). The Labute approximate surface area is 84.5 Å². The van der Waals surface area contributed by atoms with Crippen LogP contribution in [0.3, 0.4) is 0 Å². The van der Waals surface area contributed by atoms with Gasteiger partial charge in [-0.1, -0.05) is 0 Å². The van der Waals surface area contributed by atoms with Gasteiger partial charge in [-0.25, -0.2) is 0 Å². The monoisotopic (exact) mass is 198 g/mol. The van der Waals surface area contributed by atoms with Gasteiger partial charge >= 0.3 is 0 Å². The summed E-state index contributed by atoms with van der Waals surface area (Å²) in [4.78, 5) is 15.9. The van der Waals surface area contributed by atoms with Crippen LogP contribution in [-0.2, 0) is 4.79 Å². The first-order valence-electron chi connectivity index (χ1n) is 5.39. The van der Waals surface area contributed by atoms with Gasteiger partial charge in [-0.15, -0.1) is 0 Å². The van der Waals surface area contributed by atoms with E-state index < -0.39 is 0 Å². The molecule has 1 amide bonds. The highest BCUT2D eigenvalue weighted by Gasteiger charge is 2.34. The molecule has 0 aromatic heterocycles. The van der Waals surface area contributed by atoms with Crippen LogP contribution in [0.4, 0.5) is 0 Å². The lowest BCUT2D eigenvalue weighted by Gasteiger charge is -2.40. The lowest BCUT2D eigenvalue weighted by atomic mass is 10.1. The van der Waals surface area contributed by atoms with Gasteiger partial charge in [-0.3, -0.25) is 9.69 Å². The molecule has 1 N–H and O–H groups in total. The lowest BCUT2D eigenvalue weighted by Crippen LogP contribution is -2.58. The second-order valence-electron chi connectivity index (χ2n) is 4.32. The van der Waals surface area contributed by atoms with Crippen molar-refractivity contribution >= 4 is 5.91 Å². The summed E-state index contributed by atoms with van der Waals surface area (Å²) in [5.74, 6) is 0.231. The van der Waals surface area contributed by atoms with Gasteiger partial charge in [-0.05, 0) is 19.8 Å². The first kappa shape index (κ1) is 9.93. The van der Waals surface area contributed by atoms with Crippen LogP contribution >= 0.6 is 0 Å². The molecule has 0 radical (unpaired) electrons. The van der Waals surface area contributed by atoms with Crippen molar-refractivity contribution in [1.82, 2.24) is 9.80 Å². The van der Waals surface area contributed by atoms with Gasteiger partial charge in [0.15, 0.2) is 0 Å². The van der Waals surface area contributed by atoms with E-state index in [0.717, 1.165) is 25.9 Å². The first-order valence-corrected chi connectivity index (χ1v) is 5.39. The van der Waals surface area contributed by atoms with E-state index in [9.17, 15) is 4.79 Å². The van der Waals surface area contributed by atoms with E-state index >= 15 is 0 Å². The minimum Gasteiger partial charge on any atom is -0.390 e. The van der Waals surface area contributed by atoms with E-state index in [1.54, 1.807) is 0 Å². The third-order valence-electron chi connectivity index (χ3n) is 3.21. The number of aliphatic hydroxyl groups is 1. The highest BCUT2D eigenvalue weighted by Crippen LogP contribution is 2.16. The maximum atomic E-state index is 11.9. The van der Waals surface area contributed by atoms with Gasteiger partial charge in [0.1, 0.15) is 0 Å². The Morgan fingerprint density at radius 2 is 1.93 bits per heavy atom. The van der Waals surface area contributed by atoms with Crippen LogP contribution in [0.5, 0.6) is 0 Å². The zero-order chi connectivity index (χ0) is 10.1. The van der Waals surface area contributed by atoms with Crippen molar-refractivity contribution in [3.05, 3.63) is 0 Å². The number of hydrogen-bond donors (Lipinski definition) is 1. The molecule has 0 aromatic rings. The number of hydrogen-bond acceptors (Lipinski definition) is 3. The van der Waals surface area contributed by atoms with Crippen LogP contribution in [0.25, 0.3) is 0 Å². The topological polar surface area (TPSA) is 43.8 Å². The molecule has 4 heteroatoms. The molecule has 0 saturated carbocycles. The summed E-state index contributed by atoms with van der Waals surface area (Å²) in [6.45, 7) is 5.08. The molecular formula is C10H18N2O2. The average molecular weight is 198 g/mol. The molecule has 1 unspecified atom stereocenters. The largest absolute Gasteiger partial charge is 0.390 e. The van der Waals surface area contributed by atoms with E-state index in [0.29, 0.717) is 13.1 Å². The standard InChI is InChI=1S/C10H18N2O2/c1-8(12-6-9(13)7-12)10(14)11-4-2-3-5-11/h8-9,13H,2-7H2,1H3. The molecule has 80 valence electrons. The van der Waals surface area contributed by atoms with Crippen molar-refractivity contribution in [3.63, 3.8) is 0 Å². The second-order valence-corrected chi connectivity index (χ2v) is 4.32. The van der Waals surface area contributed by atoms with Crippen LogP contribution in [0.15, 0.2) is 0 Å². The fraction of sp³-hybridized carbons (Fsp3) is 0.900. The Hall–Kier alpha value is -0.610. The molecule has 0 spiro atoms. The second kappa shape index (κ2) is 3.87. The fourth-order valence-corrected chi connectivity index (χ4v) is 2.16. The minimum atomic E-state index is -0.219. The number of rotatable bonds is 2. The van der Waals surface area contributed by atoms with Crippen molar-refractivity contribution < 1.29 is 9.90 Å². The van der Waals surface area contributed by atoms with Crippen molar-refractivity contribution in [1.29, 1.82) is 0 Å². The average Bonchev–Trinajstić information content (AvgIpc) is 2.63. The Balaban J connectivity index is 1.84. The highest BCUT2D eigenvalue weighted by atomic mass is 16.3. The summed E-state index contributed by atoms with van der Waals surface area (Å²) in [6, 6.07) is -0.0449. The third-order valence-corrected chi connectivity index (χ3v) is 3.21. The van der Waals surface area contributed by atoms with E-state index in [-0.39, 0.29) is 18.1 Å². The maximum Gasteiger partial charge on any atom is 0.239 e. The molecule has 14 heavy (non-hydrogen) atoms. The van der Waals surface area contributed by atoms with Crippen LogP contribution in [0.2, 0.25) is 0 Å². The summed E-state index contributed by atoms with van der Waals surface area (Å²) >= 11 is 0. The molecule has 2 aliphatic heterocycles. The van der Waals surface area contributed by atoms with Crippen molar-refractivity contribution in [3.8, 4) is 0 Å². The smallest absolute Gasteiger partial charge is 0.239 e. The Morgan fingerprint density at radius 3 is 2.43 bits per heavy atom. The third kappa shape index (κ3) is 1.77. The number of nitrogens with zero attached hydrogens (tertiary/aromatic N) is 2.